The van der Waals surface area contributed by atoms with Gasteiger partial charge in [-0.3, -0.25) is 0 Å². The van der Waals surface area contributed by atoms with E-state index in [1.54, 1.807) is 18.2 Å². The van der Waals surface area contributed by atoms with Crippen LogP contribution in [0.4, 0.5) is 0 Å². The lowest BCUT2D eigenvalue weighted by atomic mass is 10.1. The van der Waals surface area contributed by atoms with Gasteiger partial charge in [0.05, 0.1) is 12.2 Å². The summed E-state index contributed by atoms with van der Waals surface area (Å²) >= 11 is 0. The first-order valence-electron chi connectivity index (χ1n) is 9.17. The molecule has 0 saturated carbocycles. The third-order valence-electron chi connectivity index (χ3n) is 4.11. The minimum absolute atomic E-state index is 0.225. The Morgan fingerprint density at radius 1 is 0.913 bits per heavy atom. The molecule has 23 heavy (non-hydrogen) atoms. The zero-order valence-electron chi connectivity index (χ0n) is 14.7. The van der Waals surface area contributed by atoms with Crippen molar-refractivity contribution < 1.29 is 9.53 Å². The number of benzene rings is 1. The number of ether oxygens (including phenoxy) is 1. The van der Waals surface area contributed by atoms with Gasteiger partial charge in [0.2, 0.25) is 0 Å². The first kappa shape index (κ1) is 19.5. The van der Waals surface area contributed by atoms with Crippen LogP contribution >= 0.6 is 0 Å². The second-order valence-corrected chi connectivity index (χ2v) is 6.14. The third kappa shape index (κ3) is 9.22. The van der Waals surface area contributed by atoms with Gasteiger partial charge in [-0.2, -0.15) is 0 Å². The maximum Gasteiger partial charge on any atom is 0.338 e. The zero-order chi connectivity index (χ0) is 16.8. The summed E-state index contributed by atoms with van der Waals surface area (Å²) in [4.78, 5) is 11.9. The largest absolute Gasteiger partial charge is 0.462 e. The molecule has 0 spiro atoms. The van der Waals surface area contributed by atoms with E-state index in [1.165, 1.54) is 51.4 Å². The fourth-order valence-electron chi connectivity index (χ4n) is 2.59. The number of esters is 1. The molecule has 128 valence electrons. The van der Waals surface area contributed by atoms with Crippen molar-refractivity contribution >= 4 is 12.0 Å². The van der Waals surface area contributed by atoms with Crippen molar-refractivity contribution in [1.82, 2.24) is 0 Å². The fourth-order valence-corrected chi connectivity index (χ4v) is 2.59. The quantitative estimate of drug-likeness (QED) is 0.310. The molecule has 0 aliphatic carbocycles. The molecule has 1 aromatic rings. The SMILES string of the molecule is C=Cc1ccc(C(=O)OCCCCCCCCCCCC)cc1. The van der Waals surface area contributed by atoms with Crippen LogP contribution in [-0.4, -0.2) is 12.6 Å². The van der Waals surface area contributed by atoms with Crippen LogP contribution in [0.1, 0.15) is 87.1 Å². The van der Waals surface area contributed by atoms with Gasteiger partial charge in [-0.05, 0) is 24.1 Å². The first-order chi connectivity index (χ1) is 11.3. The lowest BCUT2D eigenvalue weighted by Crippen LogP contribution is -2.06. The van der Waals surface area contributed by atoms with Gasteiger partial charge in [-0.1, -0.05) is 89.5 Å². The Kier molecular flexibility index (Phi) is 10.9. The molecule has 0 unspecified atom stereocenters. The van der Waals surface area contributed by atoms with Gasteiger partial charge in [-0.25, -0.2) is 4.79 Å². The van der Waals surface area contributed by atoms with Crippen molar-refractivity contribution in [3.05, 3.63) is 42.0 Å². The summed E-state index contributed by atoms with van der Waals surface area (Å²) in [6, 6.07) is 7.34. The Bertz CT molecular complexity index is 434. The Morgan fingerprint density at radius 3 is 1.96 bits per heavy atom. The van der Waals surface area contributed by atoms with Gasteiger partial charge in [0.1, 0.15) is 0 Å². The van der Waals surface area contributed by atoms with Gasteiger partial charge >= 0.3 is 5.97 Å². The highest BCUT2D eigenvalue weighted by Crippen LogP contribution is 2.11. The summed E-state index contributed by atoms with van der Waals surface area (Å²) in [5.74, 6) is -0.225. The highest BCUT2D eigenvalue weighted by atomic mass is 16.5. The van der Waals surface area contributed by atoms with Crippen molar-refractivity contribution in [1.29, 1.82) is 0 Å². The molecule has 0 N–H and O–H groups in total. The third-order valence-corrected chi connectivity index (χ3v) is 4.11. The van der Waals surface area contributed by atoms with Crippen molar-refractivity contribution in [2.45, 2.75) is 71.1 Å². The lowest BCUT2D eigenvalue weighted by molar-refractivity contribution is 0.0497. The summed E-state index contributed by atoms with van der Waals surface area (Å²) in [7, 11) is 0. The summed E-state index contributed by atoms with van der Waals surface area (Å²) in [5.41, 5.74) is 1.62. The summed E-state index contributed by atoms with van der Waals surface area (Å²) in [5, 5.41) is 0. The van der Waals surface area contributed by atoms with Gasteiger partial charge in [0.15, 0.2) is 0 Å². The highest BCUT2D eigenvalue weighted by Gasteiger charge is 2.05. The minimum atomic E-state index is -0.225. The number of carbonyl (C=O) groups is 1. The highest BCUT2D eigenvalue weighted by molar-refractivity contribution is 5.89. The Balaban J connectivity index is 1.97. The minimum Gasteiger partial charge on any atom is -0.462 e. The number of hydrogen-bond acceptors (Lipinski definition) is 2. The van der Waals surface area contributed by atoms with Crippen molar-refractivity contribution in [3.63, 3.8) is 0 Å². The van der Waals surface area contributed by atoms with Gasteiger partial charge < -0.3 is 4.74 Å². The monoisotopic (exact) mass is 316 g/mol. The molecular formula is C21H32O2. The molecule has 2 heteroatoms. The number of hydrogen-bond donors (Lipinski definition) is 0. The normalized spacial score (nSPS) is 10.5. The number of carbonyl (C=O) groups excluding carboxylic acids is 1. The maximum atomic E-state index is 11.9. The summed E-state index contributed by atoms with van der Waals surface area (Å²) in [6.07, 6.45) is 14.6. The Hall–Kier alpha value is -1.57. The number of unbranched alkanes of at least 4 members (excludes halogenated alkanes) is 9. The zero-order valence-corrected chi connectivity index (χ0v) is 14.7. The predicted octanol–water partition coefficient (Wildman–Crippen LogP) is 6.41. The standard InChI is InChI=1S/C21H32O2/c1-3-5-6-7-8-9-10-11-12-13-18-23-21(22)20-16-14-19(4-2)15-17-20/h4,14-17H,2-3,5-13,18H2,1H3. The van der Waals surface area contributed by atoms with E-state index in [0.717, 1.165) is 18.4 Å². The van der Waals surface area contributed by atoms with Crippen LogP contribution in [0.25, 0.3) is 6.08 Å². The second-order valence-electron chi connectivity index (χ2n) is 6.14. The molecular weight excluding hydrogens is 284 g/mol. The van der Waals surface area contributed by atoms with E-state index in [-0.39, 0.29) is 5.97 Å². The van der Waals surface area contributed by atoms with Crippen LogP contribution in [0.2, 0.25) is 0 Å². The molecule has 1 aromatic carbocycles. The molecule has 0 saturated heterocycles. The van der Waals surface area contributed by atoms with E-state index in [0.29, 0.717) is 12.2 Å². The molecule has 0 radical (unpaired) electrons. The van der Waals surface area contributed by atoms with Crippen LogP contribution in [0.5, 0.6) is 0 Å². The molecule has 0 aromatic heterocycles. The van der Waals surface area contributed by atoms with E-state index in [2.05, 4.69) is 13.5 Å². The predicted molar refractivity (Wildman–Crippen MR) is 98.7 cm³/mol. The molecule has 0 bridgehead atoms. The fraction of sp³-hybridized carbons (Fsp3) is 0.571. The van der Waals surface area contributed by atoms with Crippen LogP contribution in [0.3, 0.4) is 0 Å². The van der Waals surface area contributed by atoms with E-state index < -0.39 is 0 Å². The molecule has 0 atom stereocenters. The van der Waals surface area contributed by atoms with Crippen LogP contribution in [0.15, 0.2) is 30.8 Å². The average molecular weight is 316 g/mol. The lowest BCUT2D eigenvalue weighted by Gasteiger charge is -2.05. The smallest absolute Gasteiger partial charge is 0.338 e. The maximum absolute atomic E-state index is 11.9. The van der Waals surface area contributed by atoms with Gasteiger partial charge in [0, 0.05) is 0 Å². The summed E-state index contributed by atoms with van der Waals surface area (Å²) in [6.45, 7) is 6.48. The topological polar surface area (TPSA) is 26.3 Å². The van der Waals surface area contributed by atoms with Crippen molar-refractivity contribution in [2.24, 2.45) is 0 Å². The second kappa shape index (κ2) is 12.9. The van der Waals surface area contributed by atoms with Crippen molar-refractivity contribution in [3.8, 4) is 0 Å². The number of rotatable bonds is 13. The van der Waals surface area contributed by atoms with Crippen LogP contribution in [0, 0.1) is 0 Å². The van der Waals surface area contributed by atoms with E-state index in [9.17, 15) is 4.79 Å². The molecule has 0 aliphatic heterocycles. The molecule has 0 aliphatic rings. The molecule has 1 rings (SSSR count). The molecule has 0 fully saturated rings. The van der Waals surface area contributed by atoms with Crippen molar-refractivity contribution in [2.75, 3.05) is 6.61 Å². The molecule has 2 nitrogen and oxygen atoms in total. The Morgan fingerprint density at radius 2 is 1.43 bits per heavy atom. The molecule has 0 amide bonds. The Labute approximate surface area is 141 Å². The van der Waals surface area contributed by atoms with E-state index in [4.69, 9.17) is 4.74 Å². The van der Waals surface area contributed by atoms with Gasteiger partial charge in [0.25, 0.3) is 0 Å². The van der Waals surface area contributed by atoms with Crippen LogP contribution < -0.4 is 0 Å². The van der Waals surface area contributed by atoms with Gasteiger partial charge in [-0.15, -0.1) is 0 Å². The summed E-state index contributed by atoms with van der Waals surface area (Å²) < 4.78 is 5.31. The van der Waals surface area contributed by atoms with E-state index in [1.807, 2.05) is 12.1 Å². The molecule has 0 heterocycles. The van der Waals surface area contributed by atoms with E-state index >= 15 is 0 Å². The first-order valence-corrected chi connectivity index (χ1v) is 9.17. The van der Waals surface area contributed by atoms with Crippen LogP contribution in [-0.2, 0) is 4.74 Å². The average Bonchev–Trinajstić information content (AvgIpc) is 2.59.